The zero-order valence-electron chi connectivity index (χ0n) is 9.42. The highest BCUT2D eigenvalue weighted by atomic mass is 79.9. The lowest BCUT2D eigenvalue weighted by Crippen LogP contribution is -2.00. The fourth-order valence-corrected chi connectivity index (χ4v) is 2.64. The number of aromatic amines is 1. The van der Waals surface area contributed by atoms with Crippen molar-refractivity contribution in [3.05, 3.63) is 33.9 Å². The van der Waals surface area contributed by atoms with Gasteiger partial charge in [-0.1, -0.05) is 15.9 Å². The number of hydrogen-bond donors (Lipinski definition) is 1. The van der Waals surface area contributed by atoms with E-state index in [4.69, 9.17) is 4.74 Å². The van der Waals surface area contributed by atoms with Crippen LogP contribution in [0.3, 0.4) is 0 Å². The van der Waals surface area contributed by atoms with Gasteiger partial charge in [0.2, 0.25) is 0 Å². The molecule has 1 aliphatic rings. The van der Waals surface area contributed by atoms with E-state index in [0.717, 1.165) is 15.4 Å². The van der Waals surface area contributed by atoms with Crippen LogP contribution in [0.25, 0.3) is 10.9 Å². The zero-order valence-corrected chi connectivity index (χ0v) is 11.0. The number of ether oxygens (including phenoxy) is 1. The molecule has 2 aromatic rings. The molecule has 0 saturated heterocycles. The van der Waals surface area contributed by atoms with E-state index >= 15 is 0 Å². The highest BCUT2D eigenvalue weighted by molar-refractivity contribution is 9.10. The average Bonchev–Trinajstić information content (AvgIpc) is 3.08. The molecular weight excluding hydrogens is 282 g/mol. The number of carbonyl (C=O) groups excluding carboxylic acids is 1. The molecule has 17 heavy (non-hydrogen) atoms. The van der Waals surface area contributed by atoms with Gasteiger partial charge in [0.15, 0.2) is 0 Å². The second kappa shape index (κ2) is 3.88. The average molecular weight is 294 g/mol. The van der Waals surface area contributed by atoms with E-state index in [2.05, 4.69) is 27.0 Å². The number of carbonyl (C=O) groups is 1. The third-order valence-electron chi connectivity index (χ3n) is 3.15. The molecule has 88 valence electrons. The Hall–Kier alpha value is -1.29. The molecule has 3 nitrogen and oxygen atoms in total. The molecule has 1 N–H and O–H groups in total. The Morgan fingerprint density at radius 3 is 2.82 bits per heavy atom. The lowest BCUT2D eigenvalue weighted by atomic mass is 10.1. The number of halogens is 1. The maximum absolute atomic E-state index is 11.5. The molecule has 1 fully saturated rings. The van der Waals surface area contributed by atoms with Crippen LogP contribution in [0.15, 0.2) is 22.7 Å². The Labute approximate surface area is 107 Å². The highest BCUT2D eigenvalue weighted by Gasteiger charge is 2.25. The molecule has 0 bridgehead atoms. The Morgan fingerprint density at radius 2 is 2.18 bits per heavy atom. The van der Waals surface area contributed by atoms with Crippen LogP contribution < -0.4 is 0 Å². The van der Waals surface area contributed by atoms with Crippen molar-refractivity contribution in [1.82, 2.24) is 4.98 Å². The summed E-state index contributed by atoms with van der Waals surface area (Å²) >= 11 is 3.50. The van der Waals surface area contributed by atoms with Crippen molar-refractivity contribution in [1.29, 1.82) is 0 Å². The van der Waals surface area contributed by atoms with E-state index in [1.165, 1.54) is 25.6 Å². The molecule has 1 heterocycles. The van der Waals surface area contributed by atoms with Crippen molar-refractivity contribution < 1.29 is 9.53 Å². The highest BCUT2D eigenvalue weighted by Crippen LogP contribution is 2.41. The maximum atomic E-state index is 11.5. The Kier molecular flexibility index (Phi) is 2.47. The van der Waals surface area contributed by atoms with Gasteiger partial charge in [0, 0.05) is 21.1 Å². The van der Waals surface area contributed by atoms with Gasteiger partial charge in [0.05, 0.1) is 12.7 Å². The van der Waals surface area contributed by atoms with Gasteiger partial charge in [-0.3, -0.25) is 0 Å². The van der Waals surface area contributed by atoms with E-state index in [0.29, 0.717) is 11.5 Å². The largest absolute Gasteiger partial charge is 0.465 e. The molecule has 0 radical (unpaired) electrons. The number of aromatic nitrogens is 1. The fourth-order valence-electron chi connectivity index (χ4n) is 2.07. The molecule has 3 rings (SSSR count). The molecule has 1 saturated carbocycles. The predicted octanol–water partition coefficient (Wildman–Crippen LogP) is 3.59. The number of methoxy groups -OCH3 is 1. The number of hydrogen-bond acceptors (Lipinski definition) is 2. The Morgan fingerprint density at radius 1 is 1.41 bits per heavy atom. The normalized spacial score (nSPS) is 15.2. The van der Waals surface area contributed by atoms with Crippen molar-refractivity contribution in [2.75, 3.05) is 7.11 Å². The van der Waals surface area contributed by atoms with Crippen LogP contribution >= 0.6 is 15.9 Å². The molecule has 0 amide bonds. The van der Waals surface area contributed by atoms with Crippen LogP contribution in [-0.4, -0.2) is 18.1 Å². The van der Waals surface area contributed by atoms with Gasteiger partial charge in [-0.05, 0) is 37.0 Å². The number of benzene rings is 1. The van der Waals surface area contributed by atoms with Gasteiger partial charge in [0.25, 0.3) is 0 Å². The molecule has 1 aromatic heterocycles. The molecule has 4 heteroatoms. The first-order chi connectivity index (χ1) is 8.19. The minimum Gasteiger partial charge on any atom is -0.465 e. The predicted molar refractivity (Wildman–Crippen MR) is 69.3 cm³/mol. The topological polar surface area (TPSA) is 42.1 Å². The molecular formula is C13H12BrNO2. The minimum absolute atomic E-state index is 0.310. The second-order valence-corrected chi connectivity index (χ2v) is 5.26. The summed E-state index contributed by atoms with van der Waals surface area (Å²) in [6.07, 6.45) is 2.52. The summed E-state index contributed by atoms with van der Waals surface area (Å²) < 4.78 is 5.66. The first kappa shape index (κ1) is 10.8. The number of fused-ring (bicyclic) bond motifs is 1. The molecule has 1 aromatic carbocycles. The van der Waals surface area contributed by atoms with Crippen LogP contribution in [0, 0.1) is 0 Å². The Balaban J connectivity index is 2.14. The lowest BCUT2D eigenvalue weighted by molar-refractivity contribution is 0.0601. The van der Waals surface area contributed by atoms with Gasteiger partial charge in [-0.25, -0.2) is 4.79 Å². The molecule has 0 unspecified atom stereocenters. The van der Waals surface area contributed by atoms with Crippen molar-refractivity contribution in [3.8, 4) is 0 Å². The van der Waals surface area contributed by atoms with E-state index in [1.54, 1.807) is 6.07 Å². The standard InChI is InChI=1S/C13H12BrNO2/c1-17-13(16)8-4-10(14)9-6-11(7-2-3-7)15-12(9)5-8/h4-7,15H,2-3H2,1H3. The van der Waals surface area contributed by atoms with E-state index in [9.17, 15) is 4.79 Å². The van der Waals surface area contributed by atoms with Gasteiger partial charge in [-0.15, -0.1) is 0 Å². The van der Waals surface area contributed by atoms with Gasteiger partial charge in [-0.2, -0.15) is 0 Å². The minimum atomic E-state index is -0.310. The molecule has 0 spiro atoms. The van der Waals surface area contributed by atoms with Gasteiger partial charge in [0.1, 0.15) is 0 Å². The molecule has 0 aliphatic heterocycles. The maximum Gasteiger partial charge on any atom is 0.337 e. The smallest absolute Gasteiger partial charge is 0.337 e. The summed E-state index contributed by atoms with van der Waals surface area (Å²) in [6, 6.07) is 5.81. The fraction of sp³-hybridized carbons (Fsp3) is 0.308. The second-order valence-electron chi connectivity index (χ2n) is 4.41. The number of rotatable bonds is 2. The monoisotopic (exact) mass is 293 g/mol. The van der Waals surface area contributed by atoms with Crippen LogP contribution in [0.4, 0.5) is 0 Å². The lowest BCUT2D eigenvalue weighted by Gasteiger charge is -2.01. The van der Waals surface area contributed by atoms with Crippen molar-refractivity contribution in [2.45, 2.75) is 18.8 Å². The summed E-state index contributed by atoms with van der Waals surface area (Å²) in [5.74, 6) is 0.367. The first-order valence-electron chi connectivity index (χ1n) is 5.59. The van der Waals surface area contributed by atoms with E-state index < -0.39 is 0 Å². The van der Waals surface area contributed by atoms with Crippen molar-refractivity contribution in [2.24, 2.45) is 0 Å². The SMILES string of the molecule is COC(=O)c1cc(Br)c2cc(C3CC3)[nH]c2c1. The van der Waals surface area contributed by atoms with Crippen LogP contribution in [0.5, 0.6) is 0 Å². The summed E-state index contributed by atoms with van der Waals surface area (Å²) in [5, 5.41) is 1.12. The number of nitrogens with one attached hydrogen (secondary N) is 1. The zero-order chi connectivity index (χ0) is 12.0. The summed E-state index contributed by atoms with van der Waals surface area (Å²) in [5.41, 5.74) is 2.82. The number of esters is 1. The first-order valence-corrected chi connectivity index (χ1v) is 6.39. The van der Waals surface area contributed by atoms with E-state index in [1.807, 2.05) is 6.07 Å². The third kappa shape index (κ3) is 1.86. The Bertz CT molecular complexity index is 599. The van der Waals surface area contributed by atoms with Crippen LogP contribution in [0.2, 0.25) is 0 Å². The van der Waals surface area contributed by atoms with Gasteiger partial charge < -0.3 is 9.72 Å². The van der Waals surface area contributed by atoms with Gasteiger partial charge >= 0.3 is 5.97 Å². The van der Waals surface area contributed by atoms with E-state index in [-0.39, 0.29) is 5.97 Å². The number of H-pyrrole nitrogens is 1. The van der Waals surface area contributed by atoms with Crippen LogP contribution in [0.1, 0.15) is 34.8 Å². The summed E-state index contributed by atoms with van der Waals surface area (Å²) in [6.45, 7) is 0. The van der Waals surface area contributed by atoms with Crippen molar-refractivity contribution >= 4 is 32.8 Å². The molecule has 0 atom stereocenters. The summed E-state index contributed by atoms with van der Waals surface area (Å²) in [4.78, 5) is 14.9. The van der Waals surface area contributed by atoms with Crippen molar-refractivity contribution in [3.63, 3.8) is 0 Å². The third-order valence-corrected chi connectivity index (χ3v) is 3.80. The summed E-state index contributed by atoms with van der Waals surface area (Å²) in [7, 11) is 1.39. The quantitative estimate of drug-likeness (QED) is 0.860. The molecule has 1 aliphatic carbocycles. The van der Waals surface area contributed by atoms with Crippen LogP contribution in [-0.2, 0) is 4.74 Å².